The van der Waals surface area contributed by atoms with Crippen LogP contribution in [-0.2, 0) is 6.54 Å². The van der Waals surface area contributed by atoms with E-state index in [2.05, 4.69) is 21.2 Å². The molecule has 2 aromatic rings. The van der Waals surface area contributed by atoms with Crippen LogP contribution in [0.2, 0.25) is 0 Å². The van der Waals surface area contributed by atoms with Crippen molar-refractivity contribution >= 4 is 21.6 Å². The van der Waals surface area contributed by atoms with Crippen molar-refractivity contribution in [3.8, 4) is 0 Å². The lowest BCUT2D eigenvalue weighted by atomic mass is 10.1. The van der Waals surface area contributed by atoms with E-state index in [1.165, 1.54) is 6.07 Å². The molecule has 0 saturated carbocycles. The third-order valence-corrected chi connectivity index (χ3v) is 3.43. The SMILES string of the molecule is Cc1cc(Br)c(F)cc1NCc1cc(F)c(F)cc1F. The van der Waals surface area contributed by atoms with Crippen molar-refractivity contribution in [2.24, 2.45) is 0 Å². The normalized spacial score (nSPS) is 10.7. The molecule has 0 heterocycles. The summed E-state index contributed by atoms with van der Waals surface area (Å²) in [5, 5.41) is 2.79. The van der Waals surface area contributed by atoms with Crippen LogP contribution in [0.5, 0.6) is 0 Å². The van der Waals surface area contributed by atoms with Gasteiger partial charge in [0.05, 0.1) is 4.47 Å². The van der Waals surface area contributed by atoms with Crippen molar-refractivity contribution < 1.29 is 17.6 Å². The molecule has 0 saturated heterocycles. The second-order valence-electron chi connectivity index (χ2n) is 4.29. The number of rotatable bonds is 3. The Balaban J connectivity index is 2.21. The molecule has 0 aliphatic rings. The maximum Gasteiger partial charge on any atom is 0.161 e. The van der Waals surface area contributed by atoms with Gasteiger partial charge in [0, 0.05) is 23.9 Å². The Morgan fingerprint density at radius 3 is 2.25 bits per heavy atom. The minimum Gasteiger partial charge on any atom is -0.381 e. The monoisotopic (exact) mass is 347 g/mol. The Labute approximate surface area is 121 Å². The number of hydrogen-bond donors (Lipinski definition) is 1. The van der Waals surface area contributed by atoms with Gasteiger partial charge in [-0.1, -0.05) is 0 Å². The molecule has 0 fully saturated rings. The fourth-order valence-electron chi connectivity index (χ4n) is 1.73. The van der Waals surface area contributed by atoms with Gasteiger partial charge in [-0.15, -0.1) is 0 Å². The fraction of sp³-hybridized carbons (Fsp3) is 0.143. The van der Waals surface area contributed by atoms with Crippen molar-refractivity contribution in [1.29, 1.82) is 0 Å². The molecule has 0 aliphatic heterocycles. The quantitative estimate of drug-likeness (QED) is 0.613. The summed E-state index contributed by atoms with van der Waals surface area (Å²) in [4.78, 5) is 0. The Hall–Kier alpha value is -1.56. The van der Waals surface area contributed by atoms with Crippen molar-refractivity contribution in [2.75, 3.05) is 5.32 Å². The van der Waals surface area contributed by atoms with E-state index in [0.717, 1.165) is 11.6 Å². The van der Waals surface area contributed by atoms with Gasteiger partial charge >= 0.3 is 0 Å². The molecule has 20 heavy (non-hydrogen) atoms. The molecular formula is C14H10BrF4N. The lowest BCUT2D eigenvalue weighted by molar-refractivity contribution is 0.490. The van der Waals surface area contributed by atoms with Gasteiger partial charge in [-0.2, -0.15) is 0 Å². The van der Waals surface area contributed by atoms with Crippen molar-refractivity contribution in [2.45, 2.75) is 13.5 Å². The summed E-state index contributed by atoms with van der Waals surface area (Å²) in [6.07, 6.45) is 0. The van der Waals surface area contributed by atoms with E-state index in [9.17, 15) is 17.6 Å². The van der Waals surface area contributed by atoms with Gasteiger partial charge in [-0.25, -0.2) is 17.6 Å². The lowest BCUT2D eigenvalue weighted by Gasteiger charge is -2.11. The summed E-state index contributed by atoms with van der Waals surface area (Å²) in [6, 6.07) is 4.08. The van der Waals surface area contributed by atoms with Gasteiger partial charge in [0.2, 0.25) is 0 Å². The third-order valence-electron chi connectivity index (χ3n) is 2.83. The van der Waals surface area contributed by atoms with Crippen LogP contribution in [0, 0.1) is 30.2 Å². The number of halogens is 5. The summed E-state index contributed by atoms with van der Waals surface area (Å²) in [5.41, 5.74) is 1.16. The van der Waals surface area contributed by atoms with E-state index in [1.54, 1.807) is 13.0 Å². The molecular weight excluding hydrogens is 338 g/mol. The van der Waals surface area contributed by atoms with E-state index in [0.29, 0.717) is 16.2 Å². The Kier molecular flexibility index (Phi) is 4.32. The molecule has 0 unspecified atom stereocenters. The van der Waals surface area contributed by atoms with Crippen LogP contribution in [0.3, 0.4) is 0 Å². The smallest absolute Gasteiger partial charge is 0.161 e. The Bertz CT molecular complexity index is 601. The predicted octanol–water partition coefficient (Wildman–Crippen LogP) is 4.93. The molecule has 0 atom stereocenters. The minimum atomic E-state index is -1.24. The van der Waals surface area contributed by atoms with Gasteiger partial charge < -0.3 is 5.32 Å². The van der Waals surface area contributed by atoms with Crippen LogP contribution in [0.1, 0.15) is 11.1 Å². The molecule has 0 radical (unpaired) electrons. The standard InChI is InChI=1S/C14H10BrF4N/c1-7-2-9(15)11(17)5-14(7)20-6-8-3-12(18)13(19)4-10(8)16/h2-5,20H,6H2,1H3. The van der Waals surface area contributed by atoms with Gasteiger partial charge in [0.15, 0.2) is 11.6 Å². The largest absolute Gasteiger partial charge is 0.381 e. The van der Waals surface area contributed by atoms with Crippen LogP contribution in [-0.4, -0.2) is 0 Å². The molecule has 0 bridgehead atoms. The summed E-state index contributed by atoms with van der Waals surface area (Å²) >= 11 is 3.05. The first-order chi connectivity index (χ1) is 9.38. The molecule has 0 amide bonds. The molecule has 1 N–H and O–H groups in total. The lowest BCUT2D eigenvalue weighted by Crippen LogP contribution is -2.05. The van der Waals surface area contributed by atoms with Crippen LogP contribution < -0.4 is 5.32 Å². The minimum absolute atomic E-state index is 0.0355. The molecule has 6 heteroatoms. The summed E-state index contributed by atoms with van der Waals surface area (Å²) in [5.74, 6) is -3.69. The maximum absolute atomic E-state index is 13.4. The Morgan fingerprint density at radius 2 is 1.55 bits per heavy atom. The average Bonchev–Trinajstić information content (AvgIpc) is 2.37. The molecule has 2 aromatic carbocycles. The van der Waals surface area contributed by atoms with Crippen LogP contribution in [0.25, 0.3) is 0 Å². The topological polar surface area (TPSA) is 12.0 Å². The zero-order valence-corrected chi connectivity index (χ0v) is 12.0. The van der Waals surface area contributed by atoms with Crippen LogP contribution >= 0.6 is 15.9 Å². The second-order valence-corrected chi connectivity index (χ2v) is 5.15. The molecule has 1 nitrogen and oxygen atoms in total. The van der Waals surface area contributed by atoms with Gasteiger partial charge in [0.1, 0.15) is 11.6 Å². The fourth-order valence-corrected chi connectivity index (χ4v) is 2.18. The summed E-state index contributed by atoms with van der Waals surface area (Å²) in [6.45, 7) is 1.67. The number of anilines is 1. The zero-order chi connectivity index (χ0) is 14.9. The van der Waals surface area contributed by atoms with Crippen LogP contribution in [0.4, 0.5) is 23.2 Å². The van der Waals surface area contributed by atoms with E-state index >= 15 is 0 Å². The predicted molar refractivity (Wildman–Crippen MR) is 72.5 cm³/mol. The summed E-state index contributed by atoms with van der Waals surface area (Å²) in [7, 11) is 0. The first kappa shape index (κ1) is 14.8. The molecule has 0 aromatic heterocycles. The third kappa shape index (κ3) is 3.12. The number of benzene rings is 2. The van der Waals surface area contributed by atoms with Crippen molar-refractivity contribution in [3.63, 3.8) is 0 Å². The van der Waals surface area contributed by atoms with Gasteiger partial charge in [-0.3, -0.25) is 0 Å². The highest BCUT2D eigenvalue weighted by Crippen LogP contribution is 2.25. The summed E-state index contributed by atoms with van der Waals surface area (Å²) < 4.78 is 53.0. The van der Waals surface area contributed by atoms with Gasteiger partial charge in [0.25, 0.3) is 0 Å². The maximum atomic E-state index is 13.4. The number of nitrogens with one attached hydrogen (secondary N) is 1. The van der Waals surface area contributed by atoms with Gasteiger partial charge in [-0.05, 0) is 46.6 Å². The van der Waals surface area contributed by atoms with Crippen LogP contribution in [0.15, 0.2) is 28.7 Å². The highest BCUT2D eigenvalue weighted by atomic mass is 79.9. The molecule has 0 aliphatic carbocycles. The second kappa shape index (κ2) is 5.83. The van der Waals surface area contributed by atoms with E-state index < -0.39 is 23.3 Å². The van der Waals surface area contributed by atoms with E-state index in [-0.39, 0.29) is 12.1 Å². The number of aryl methyl sites for hydroxylation is 1. The van der Waals surface area contributed by atoms with E-state index in [4.69, 9.17) is 0 Å². The first-order valence-corrected chi connectivity index (χ1v) is 6.50. The van der Waals surface area contributed by atoms with Crippen molar-refractivity contribution in [3.05, 3.63) is 63.1 Å². The molecule has 0 spiro atoms. The average molecular weight is 348 g/mol. The highest BCUT2D eigenvalue weighted by molar-refractivity contribution is 9.10. The number of hydrogen-bond acceptors (Lipinski definition) is 1. The highest BCUT2D eigenvalue weighted by Gasteiger charge is 2.11. The Morgan fingerprint density at radius 1 is 0.900 bits per heavy atom. The molecule has 106 valence electrons. The van der Waals surface area contributed by atoms with Crippen molar-refractivity contribution in [1.82, 2.24) is 0 Å². The van der Waals surface area contributed by atoms with E-state index in [1.807, 2.05) is 0 Å². The zero-order valence-electron chi connectivity index (χ0n) is 10.4. The first-order valence-electron chi connectivity index (χ1n) is 5.71. The molecule has 2 rings (SSSR count).